The van der Waals surface area contributed by atoms with Crippen molar-refractivity contribution in [1.29, 1.82) is 0 Å². The zero-order chi connectivity index (χ0) is 23.2. The number of nitro groups is 1. The van der Waals surface area contributed by atoms with Crippen LogP contribution in [-0.4, -0.2) is 53.4 Å². The Labute approximate surface area is 198 Å². The van der Waals surface area contributed by atoms with Crippen molar-refractivity contribution in [2.24, 2.45) is 11.8 Å². The molecule has 7 nitrogen and oxygen atoms in total. The quantitative estimate of drug-likeness (QED) is 0.537. The van der Waals surface area contributed by atoms with E-state index in [-0.39, 0.29) is 28.0 Å². The van der Waals surface area contributed by atoms with Gasteiger partial charge in [-0.2, -0.15) is 0 Å². The molecule has 2 aromatic carbocycles. The van der Waals surface area contributed by atoms with Crippen molar-refractivity contribution >= 4 is 5.69 Å². The molecule has 6 atom stereocenters. The molecule has 7 rings (SSSR count). The Morgan fingerprint density at radius 1 is 1.29 bits per heavy atom. The number of ether oxygens (including phenoxy) is 2. The highest BCUT2D eigenvalue weighted by molar-refractivity contribution is 5.61. The van der Waals surface area contributed by atoms with Gasteiger partial charge < -0.3 is 14.6 Å². The summed E-state index contributed by atoms with van der Waals surface area (Å²) in [6.45, 7) is 2.19. The van der Waals surface area contributed by atoms with E-state index < -0.39 is 6.10 Å². The van der Waals surface area contributed by atoms with Gasteiger partial charge in [0.2, 0.25) is 0 Å². The number of aliphatic hydroxyl groups is 1. The minimum absolute atomic E-state index is 0.0729. The number of piperidine rings is 1. The Morgan fingerprint density at radius 3 is 2.91 bits per heavy atom. The molecule has 2 bridgehead atoms. The van der Waals surface area contributed by atoms with Crippen LogP contribution in [0.1, 0.15) is 48.3 Å². The van der Waals surface area contributed by atoms with Crippen molar-refractivity contribution in [3.8, 4) is 11.5 Å². The van der Waals surface area contributed by atoms with Gasteiger partial charge in [-0.3, -0.25) is 15.0 Å². The van der Waals surface area contributed by atoms with E-state index in [1.54, 1.807) is 19.2 Å². The minimum atomic E-state index is -0.739. The summed E-state index contributed by atoms with van der Waals surface area (Å²) < 4.78 is 12.3. The number of non-ortho nitro benzene ring substituents is 1. The first-order valence-electron chi connectivity index (χ1n) is 12.5. The van der Waals surface area contributed by atoms with Crippen LogP contribution >= 0.6 is 0 Å². The van der Waals surface area contributed by atoms with Crippen molar-refractivity contribution in [2.45, 2.75) is 61.7 Å². The third-order valence-corrected chi connectivity index (χ3v) is 9.41. The summed E-state index contributed by atoms with van der Waals surface area (Å²) in [5.41, 5.74) is 3.28. The fourth-order valence-electron chi connectivity index (χ4n) is 7.80. The smallest absolute Gasteiger partial charge is 0.269 e. The van der Waals surface area contributed by atoms with Crippen molar-refractivity contribution in [1.82, 2.24) is 4.90 Å². The van der Waals surface area contributed by atoms with Crippen molar-refractivity contribution in [3.63, 3.8) is 0 Å². The second-order valence-electron chi connectivity index (χ2n) is 11.0. The van der Waals surface area contributed by atoms with Gasteiger partial charge >= 0.3 is 0 Å². The maximum Gasteiger partial charge on any atom is 0.269 e. The second kappa shape index (κ2) is 7.18. The number of likely N-dealkylation sites (tertiary alicyclic amines) is 1. The van der Waals surface area contributed by atoms with Crippen LogP contribution < -0.4 is 9.47 Å². The molecule has 1 N–H and O–H groups in total. The molecule has 2 aliphatic heterocycles. The summed E-state index contributed by atoms with van der Waals surface area (Å²) in [5, 5.41) is 23.2. The molecule has 3 fully saturated rings. The maximum atomic E-state index is 11.8. The van der Waals surface area contributed by atoms with Crippen LogP contribution in [0.25, 0.3) is 0 Å². The van der Waals surface area contributed by atoms with E-state index in [2.05, 4.69) is 11.0 Å². The van der Waals surface area contributed by atoms with E-state index >= 15 is 0 Å². The van der Waals surface area contributed by atoms with E-state index in [0.717, 1.165) is 55.3 Å². The number of methoxy groups -OCH3 is 1. The molecule has 0 radical (unpaired) electrons. The Hall–Kier alpha value is -2.64. The number of rotatable bonds is 5. The van der Waals surface area contributed by atoms with Gasteiger partial charge in [0.25, 0.3) is 5.69 Å². The third kappa shape index (κ3) is 2.71. The zero-order valence-corrected chi connectivity index (χ0v) is 19.4. The molecule has 0 amide bonds. The highest BCUT2D eigenvalue weighted by Crippen LogP contribution is 2.65. The molecule has 0 aromatic heterocycles. The van der Waals surface area contributed by atoms with Gasteiger partial charge in [-0.1, -0.05) is 18.2 Å². The van der Waals surface area contributed by atoms with Gasteiger partial charge in [0.1, 0.15) is 6.10 Å². The van der Waals surface area contributed by atoms with Gasteiger partial charge in [-0.15, -0.1) is 0 Å². The van der Waals surface area contributed by atoms with Crippen LogP contribution in [0.3, 0.4) is 0 Å². The summed E-state index contributed by atoms with van der Waals surface area (Å²) in [7, 11) is 1.67. The molecule has 1 unspecified atom stereocenters. The molecule has 2 aromatic rings. The number of nitrogens with zero attached hydrogens (tertiary/aromatic N) is 2. The predicted octanol–water partition coefficient (Wildman–Crippen LogP) is 3.81. The van der Waals surface area contributed by atoms with Gasteiger partial charge in [0.15, 0.2) is 11.5 Å². The molecule has 2 saturated carbocycles. The molecule has 1 spiro atoms. The lowest BCUT2D eigenvalue weighted by molar-refractivity contribution is -0.385. The summed E-state index contributed by atoms with van der Waals surface area (Å²) in [5.74, 6) is 2.49. The van der Waals surface area contributed by atoms with Gasteiger partial charge in [0, 0.05) is 41.6 Å². The lowest BCUT2D eigenvalue weighted by atomic mass is 9.49. The molecule has 7 heteroatoms. The van der Waals surface area contributed by atoms with Crippen molar-refractivity contribution < 1.29 is 19.5 Å². The Balaban J connectivity index is 1.36. The number of hydrogen-bond acceptors (Lipinski definition) is 6. The highest BCUT2D eigenvalue weighted by atomic mass is 16.6. The second-order valence-corrected chi connectivity index (χ2v) is 11.0. The zero-order valence-electron chi connectivity index (χ0n) is 19.4. The lowest BCUT2D eigenvalue weighted by Gasteiger charge is -2.60. The Morgan fingerprint density at radius 2 is 2.15 bits per heavy atom. The molecule has 5 aliphatic rings. The summed E-state index contributed by atoms with van der Waals surface area (Å²) in [6, 6.07) is 11.4. The number of hydrogen-bond donors (Lipinski definition) is 1. The number of nitro benzene ring substituents is 1. The first kappa shape index (κ1) is 20.7. The van der Waals surface area contributed by atoms with Crippen LogP contribution in [0, 0.1) is 22.0 Å². The third-order valence-electron chi connectivity index (χ3n) is 9.41. The molecule has 3 aliphatic carbocycles. The largest absolute Gasteiger partial charge is 0.493 e. The Bertz CT molecular complexity index is 1180. The summed E-state index contributed by atoms with van der Waals surface area (Å²) >= 11 is 0. The van der Waals surface area contributed by atoms with E-state index in [1.165, 1.54) is 30.0 Å². The average Bonchev–Trinajstić information content (AvgIpc) is 3.59. The molecule has 178 valence electrons. The normalized spacial score (nSPS) is 35.4. The van der Waals surface area contributed by atoms with E-state index in [9.17, 15) is 15.2 Å². The van der Waals surface area contributed by atoms with Crippen LogP contribution in [0.5, 0.6) is 11.5 Å². The highest BCUT2D eigenvalue weighted by Gasteiger charge is 2.67. The molecule has 1 saturated heterocycles. The SMILES string of the molecule is COc1ccc2c3c1O[C@H]1[C@@H](O)[C@@H](c4cccc([N+](=O)[O-])c4)CC4[C@@H](C2)N(CC2CC2)CC[C@@]341. The van der Waals surface area contributed by atoms with Crippen LogP contribution in [0.2, 0.25) is 0 Å². The van der Waals surface area contributed by atoms with Gasteiger partial charge in [-0.25, -0.2) is 0 Å². The molecular weight excluding hydrogens is 432 g/mol. The number of aliphatic hydroxyl groups excluding tert-OH is 1. The summed E-state index contributed by atoms with van der Waals surface area (Å²) in [4.78, 5) is 13.8. The van der Waals surface area contributed by atoms with Crippen LogP contribution in [0.4, 0.5) is 5.69 Å². The first-order chi connectivity index (χ1) is 16.5. The minimum Gasteiger partial charge on any atom is -0.493 e. The van der Waals surface area contributed by atoms with Crippen molar-refractivity contribution in [3.05, 3.63) is 63.2 Å². The van der Waals surface area contributed by atoms with E-state index in [4.69, 9.17) is 9.47 Å². The molecule has 2 heterocycles. The fourth-order valence-corrected chi connectivity index (χ4v) is 7.80. The first-order valence-corrected chi connectivity index (χ1v) is 12.5. The van der Waals surface area contributed by atoms with Gasteiger partial charge in [-0.05, 0) is 67.7 Å². The lowest BCUT2D eigenvalue weighted by Crippen LogP contribution is -2.68. The molecular formula is C27H30N2O5. The summed E-state index contributed by atoms with van der Waals surface area (Å²) in [6.07, 6.45) is 4.32. The van der Waals surface area contributed by atoms with Crippen LogP contribution in [0.15, 0.2) is 36.4 Å². The number of benzene rings is 2. The average molecular weight is 463 g/mol. The molecule has 34 heavy (non-hydrogen) atoms. The Kier molecular flexibility index (Phi) is 4.38. The van der Waals surface area contributed by atoms with Gasteiger partial charge in [0.05, 0.1) is 18.1 Å². The maximum absolute atomic E-state index is 11.8. The standard InChI is InChI=1S/C27H30N2O5/c1-33-22-8-7-17-12-21-20-13-19(16-3-2-4-18(11-16)29(31)32)24(30)26-27(20,23(17)25(22)34-26)9-10-28(21)14-15-5-6-15/h2-4,7-8,11,15,19-21,24,26,30H,5-6,9-10,12-14H2,1H3/t19-,20?,21-,24+,26+,27+/m1/s1. The van der Waals surface area contributed by atoms with Crippen LogP contribution in [-0.2, 0) is 11.8 Å². The fraction of sp³-hybridized carbons (Fsp3) is 0.556. The topological polar surface area (TPSA) is 85.1 Å². The van der Waals surface area contributed by atoms with E-state index in [0.29, 0.717) is 12.0 Å². The monoisotopic (exact) mass is 462 g/mol. The van der Waals surface area contributed by atoms with E-state index in [1.807, 2.05) is 12.1 Å². The van der Waals surface area contributed by atoms with Crippen molar-refractivity contribution in [2.75, 3.05) is 20.2 Å². The predicted molar refractivity (Wildman–Crippen MR) is 125 cm³/mol.